The number of hydrogen-bond donors (Lipinski definition) is 1. The Hall–Kier alpha value is -2.82. The molecule has 3 rings (SSSR count). The van der Waals surface area contributed by atoms with Crippen molar-refractivity contribution in [1.29, 1.82) is 0 Å². The van der Waals surface area contributed by atoms with Gasteiger partial charge < -0.3 is 14.6 Å². The lowest BCUT2D eigenvalue weighted by atomic mass is 10.2. The van der Waals surface area contributed by atoms with E-state index < -0.39 is 0 Å². The van der Waals surface area contributed by atoms with Crippen molar-refractivity contribution in [3.05, 3.63) is 54.4 Å². The van der Waals surface area contributed by atoms with E-state index in [1.165, 1.54) is 0 Å². The molecule has 24 heavy (non-hydrogen) atoms. The summed E-state index contributed by atoms with van der Waals surface area (Å²) in [7, 11) is 1.60. The molecule has 1 N–H and O–H groups in total. The Morgan fingerprint density at radius 3 is 2.75 bits per heavy atom. The molecule has 0 spiro atoms. The SMILES string of the molecule is COc1cccc(NC(=O)Cn2c(C(C)C)nc3ccccc32)c1. The molecule has 0 aliphatic heterocycles. The average Bonchev–Trinajstić information content (AvgIpc) is 2.94. The first-order chi connectivity index (χ1) is 11.6. The van der Waals surface area contributed by atoms with Gasteiger partial charge >= 0.3 is 0 Å². The first kappa shape index (κ1) is 16.1. The van der Waals surface area contributed by atoms with Crippen molar-refractivity contribution in [3.63, 3.8) is 0 Å². The third kappa shape index (κ3) is 3.25. The van der Waals surface area contributed by atoms with Gasteiger partial charge in [-0.2, -0.15) is 0 Å². The van der Waals surface area contributed by atoms with E-state index in [1.54, 1.807) is 13.2 Å². The largest absolute Gasteiger partial charge is 0.497 e. The molecule has 0 atom stereocenters. The molecule has 124 valence electrons. The number of fused-ring (bicyclic) bond motifs is 1. The van der Waals surface area contributed by atoms with Gasteiger partial charge in [0.25, 0.3) is 0 Å². The van der Waals surface area contributed by atoms with Crippen molar-refractivity contribution in [1.82, 2.24) is 9.55 Å². The number of para-hydroxylation sites is 2. The molecule has 0 fully saturated rings. The van der Waals surface area contributed by atoms with Gasteiger partial charge in [-0.25, -0.2) is 4.98 Å². The highest BCUT2D eigenvalue weighted by Gasteiger charge is 2.16. The summed E-state index contributed by atoms with van der Waals surface area (Å²) in [6.07, 6.45) is 0. The van der Waals surface area contributed by atoms with E-state index in [1.807, 2.05) is 47.0 Å². The summed E-state index contributed by atoms with van der Waals surface area (Å²) in [5.41, 5.74) is 2.60. The first-order valence-corrected chi connectivity index (χ1v) is 7.97. The molecule has 1 heterocycles. The van der Waals surface area contributed by atoms with E-state index in [0.717, 1.165) is 22.5 Å². The second kappa shape index (κ2) is 6.74. The van der Waals surface area contributed by atoms with Crippen LogP contribution in [-0.2, 0) is 11.3 Å². The number of imidazole rings is 1. The topological polar surface area (TPSA) is 56.1 Å². The molecule has 0 aliphatic carbocycles. The fourth-order valence-electron chi connectivity index (χ4n) is 2.75. The Bertz CT molecular complexity index is 868. The van der Waals surface area contributed by atoms with Gasteiger partial charge in [-0.1, -0.05) is 32.0 Å². The summed E-state index contributed by atoms with van der Waals surface area (Å²) in [4.78, 5) is 17.2. The minimum atomic E-state index is -0.0895. The third-order valence-corrected chi connectivity index (χ3v) is 3.86. The van der Waals surface area contributed by atoms with Crippen LogP contribution >= 0.6 is 0 Å². The number of amides is 1. The van der Waals surface area contributed by atoms with E-state index in [-0.39, 0.29) is 18.4 Å². The molecule has 1 aromatic heterocycles. The van der Waals surface area contributed by atoms with E-state index in [0.29, 0.717) is 5.75 Å². The lowest BCUT2D eigenvalue weighted by Crippen LogP contribution is -2.20. The fourth-order valence-corrected chi connectivity index (χ4v) is 2.75. The Labute approximate surface area is 141 Å². The van der Waals surface area contributed by atoms with E-state index in [4.69, 9.17) is 4.74 Å². The van der Waals surface area contributed by atoms with Crippen molar-refractivity contribution in [3.8, 4) is 5.75 Å². The highest BCUT2D eigenvalue weighted by molar-refractivity contribution is 5.92. The number of ether oxygens (including phenoxy) is 1. The van der Waals surface area contributed by atoms with Crippen LogP contribution in [-0.4, -0.2) is 22.6 Å². The van der Waals surface area contributed by atoms with Crippen LogP contribution in [0.15, 0.2) is 48.5 Å². The highest BCUT2D eigenvalue weighted by atomic mass is 16.5. The quantitative estimate of drug-likeness (QED) is 0.777. The molecule has 0 bridgehead atoms. The zero-order valence-electron chi connectivity index (χ0n) is 14.1. The molecular formula is C19H21N3O2. The van der Waals surface area contributed by atoms with Gasteiger partial charge in [0.05, 0.1) is 18.1 Å². The maximum absolute atomic E-state index is 12.5. The molecule has 0 saturated carbocycles. The molecule has 5 heteroatoms. The Morgan fingerprint density at radius 2 is 2.00 bits per heavy atom. The highest BCUT2D eigenvalue weighted by Crippen LogP contribution is 2.22. The number of aromatic nitrogens is 2. The lowest BCUT2D eigenvalue weighted by Gasteiger charge is -2.12. The summed E-state index contributed by atoms with van der Waals surface area (Å²) in [6.45, 7) is 4.39. The summed E-state index contributed by atoms with van der Waals surface area (Å²) >= 11 is 0. The van der Waals surface area contributed by atoms with Crippen LogP contribution in [0.1, 0.15) is 25.6 Å². The standard InChI is InChI=1S/C19H21N3O2/c1-13(2)19-21-16-9-4-5-10-17(16)22(19)12-18(23)20-14-7-6-8-15(11-14)24-3/h4-11,13H,12H2,1-3H3,(H,20,23). The van der Waals surface area contributed by atoms with Crippen LogP contribution in [0, 0.1) is 0 Å². The van der Waals surface area contributed by atoms with Crippen molar-refractivity contribution in [2.24, 2.45) is 0 Å². The minimum Gasteiger partial charge on any atom is -0.497 e. The number of carbonyl (C=O) groups is 1. The number of hydrogen-bond acceptors (Lipinski definition) is 3. The van der Waals surface area contributed by atoms with Gasteiger partial charge in [0.1, 0.15) is 18.1 Å². The number of carbonyl (C=O) groups excluding carboxylic acids is 1. The molecule has 1 amide bonds. The monoisotopic (exact) mass is 323 g/mol. The molecule has 0 unspecified atom stereocenters. The maximum Gasteiger partial charge on any atom is 0.244 e. The second-order valence-electron chi connectivity index (χ2n) is 5.98. The van der Waals surface area contributed by atoms with Gasteiger partial charge in [-0.15, -0.1) is 0 Å². The van der Waals surface area contributed by atoms with Gasteiger partial charge in [-0.05, 0) is 24.3 Å². The smallest absolute Gasteiger partial charge is 0.244 e. The van der Waals surface area contributed by atoms with Crippen molar-refractivity contribution in [2.45, 2.75) is 26.3 Å². The predicted molar refractivity (Wildman–Crippen MR) is 95.4 cm³/mol. The average molecular weight is 323 g/mol. The zero-order chi connectivity index (χ0) is 17.1. The fraction of sp³-hybridized carbons (Fsp3) is 0.263. The van der Waals surface area contributed by atoms with Crippen molar-refractivity contribution >= 4 is 22.6 Å². The lowest BCUT2D eigenvalue weighted by molar-refractivity contribution is -0.116. The van der Waals surface area contributed by atoms with Crippen LogP contribution in [0.4, 0.5) is 5.69 Å². The molecule has 2 aromatic carbocycles. The first-order valence-electron chi connectivity index (χ1n) is 7.97. The molecule has 3 aromatic rings. The summed E-state index contributed by atoms with van der Waals surface area (Å²) < 4.78 is 7.17. The predicted octanol–water partition coefficient (Wildman–Crippen LogP) is 3.81. The van der Waals surface area contributed by atoms with Crippen molar-refractivity contribution in [2.75, 3.05) is 12.4 Å². The summed E-state index contributed by atoms with van der Waals surface area (Å²) in [5.74, 6) is 1.77. The minimum absolute atomic E-state index is 0.0895. The number of methoxy groups -OCH3 is 1. The number of nitrogens with one attached hydrogen (secondary N) is 1. The van der Waals surface area contributed by atoms with Crippen LogP contribution in [0.3, 0.4) is 0 Å². The number of rotatable bonds is 5. The van der Waals surface area contributed by atoms with Crippen LogP contribution < -0.4 is 10.1 Å². The molecule has 5 nitrogen and oxygen atoms in total. The van der Waals surface area contributed by atoms with Crippen LogP contribution in [0.2, 0.25) is 0 Å². The normalized spacial score (nSPS) is 11.0. The van der Waals surface area contributed by atoms with Gasteiger partial charge in [0.2, 0.25) is 5.91 Å². The van der Waals surface area contributed by atoms with E-state index >= 15 is 0 Å². The second-order valence-corrected chi connectivity index (χ2v) is 5.98. The van der Waals surface area contributed by atoms with E-state index in [2.05, 4.69) is 24.1 Å². The molecule has 0 aliphatic rings. The maximum atomic E-state index is 12.5. The van der Waals surface area contributed by atoms with Crippen LogP contribution in [0.5, 0.6) is 5.75 Å². The number of benzene rings is 2. The summed E-state index contributed by atoms with van der Waals surface area (Å²) in [6, 6.07) is 15.2. The van der Waals surface area contributed by atoms with Gasteiger partial charge in [0.15, 0.2) is 0 Å². The van der Waals surface area contributed by atoms with Gasteiger partial charge in [-0.3, -0.25) is 4.79 Å². The Balaban J connectivity index is 1.86. The van der Waals surface area contributed by atoms with Gasteiger partial charge in [0, 0.05) is 17.7 Å². The number of nitrogens with zero attached hydrogens (tertiary/aromatic N) is 2. The third-order valence-electron chi connectivity index (χ3n) is 3.86. The summed E-state index contributed by atoms with van der Waals surface area (Å²) in [5, 5.41) is 2.92. The Kier molecular flexibility index (Phi) is 4.51. The molecule has 0 radical (unpaired) electrons. The van der Waals surface area contributed by atoms with E-state index in [9.17, 15) is 4.79 Å². The Morgan fingerprint density at radius 1 is 1.21 bits per heavy atom. The molecular weight excluding hydrogens is 302 g/mol. The molecule has 0 saturated heterocycles. The van der Waals surface area contributed by atoms with Crippen molar-refractivity contribution < 1.29 is 9.53 Å². The van der Waals surface area contributed by atoms with Crippen LogP contribution in [0.25, 0.3) is 11.0 Å². The number of anilines is 1. The zero-order valence-corrected chi connectivity index (χ0v) is 14.1.